The van der Waals surface area contributed by atoms with Crippen LogP contribution in [-0.4, -0.2) is 282 Å². The van der Waals surface area contributed by atoms with Gasteiger partial charge in [0.25, 0.3) is 0 Å². The molecule has 49 heteroatoms. The van der Waals surface area contributed by atoms with Gasteiger partial charge in [-0.1, -0.05) is 0 Å². The molecule has 0 aliphatic heterocycles. The van der Waals surface area contributed by atoms with Crippen LogP contribution < -0.4 is 76.7 Å². The van der Waals surface area contributed by atoms with Crippen LogP contribution in [0.5, 0.6) is 0 Å². The van der Waals surface area contributed by atoms with E-state index in [-0.39, 0.29) is 260 Å². The molecular weight excluding hydrogens is 1110 g/mol. The molecule has 0 bridgehead atoms. The van der Waals surface area contributed by atoms with Gasteiger partial charge in [-0.15, -0.1) is 0 Å². The molecule has 0 unspecified atom stereocenters. The van der Waals surface area contributed by atoms with Crippen molar-refractivity contribution >= 4 is 239 Å². The van der Waals surface area contributed by atoms with E-state index in [1.807, 2.05) is 0 Å². The Kier molecular flexibility index (Phi) is 652. The summed E-state index contributed by atoms with van der Waals surface area (Å²) in [6, 6.07) is 0. The number of hydrogen-bond donors (Lipinski definition) is 0. The van der Waals surface area contributed by atoms with E-state index >= 15 is 0 Å². The molecule has 3 radical (unpaired) electrons. The minimum Gasteiger partial charge on any atom is -0.870 e. The molecule has 0 aromatic rings. The molecule has 0 heterocycles. The fraction of sp³-hybridized carbons (Fsp3) is 0. The van der Waals surface area contributed by atoms with Crippen molar-refractivity contribution in [1.82, 2.24) is 0 Å². The maximum atomic E-state index is 8.52. The Hall–Kier alpha value is 3.55. The quantitative estimate of drug-likeness (QED) is 0.203. The van der Waals surface area contributed by atoms with Crippen LogP contribution >= 0.6 is 0 Å². The fourth-order valence-electron chi connectivity index (χ4n) is 0. The zero-order chi connectivity index (χ0) is 28.6. The molecule has 49 heavy (non-hydrogen) atoms. The summed E-state index contributed by atoms with van der Waals surface area (Å²) in [5, 5.41) is 0. The van der Waals surface area contributed by atoms with Gasteiger partial charge < -0.3 is 156 Å². The maximum Gasteiger partial charge on any atom is 3.00 e. The number of hydrogen-bond acceptors (Lipinski definition) is 32. The first kappa shape index (κ1) is 184. The van der Waals surface area contributed by atoms with Crippen LogP contribution in [0, 0.1) is 0 Å². The monoisotopic (exact) mass is 1110 g/mol. The van der Waals surface area contributed by atoms with Crippen molar-refractivity contribution in [2.75, 3.05) is 0 Å². The summed E-state index contributed by atoms with van der Waals surface area (Å²) < 4.78 is 68.1. The molecule has 0 aliphatic carbocycles. The van der Waals surface area contributed by atoms with Crippen molar-refractivity contribution in [3.05, 3.63) is 0 Å². The van der Waals surface area contributed by atoms with E-state index in [1.54, 1.807) is 0 Å². The molecule has 32 nitrogen and oxygen atoms in total. The molecule has 0 rings (SSSR count). The Morgan fingerprint density at radius 2 is 0.204 bits per heavy atom. The molecule has 0 aromatic carbocycles. The predicted octanol–water partition coefficient (Wildman–Crippen LogP) is -26.7. The summed E-state index contributed by atoms with van der Waals surface area (Å²) >= 11 is 0. The second-order valence-electron chi connectivity index (χ2n) is 2.00. The summed E-state index contributed by atoms with van der Waals surface area (Å²) in [5.74, 6) is 0. The van der Waals surface area contributed by atoms with Crippen molar-refractivity contribution in [1.29, 1.82) is 0 Å². The van der Waals surface area contributed by atoms with Crippen molar-refractivity contribution in [3.8, 4) is 0 Å². The Morgan fingerprint density at radius 3 is 0.204 bits per heavy atom. The van der Waals surface area contributed by atoms with Crippen molar-refractivity contribution in [3.63, 3.8) is 0 Å². The van der Waals surface area contributed by atoms with Gasteiger partial charge in [-0.2, -0.15) is 0 Å². The Labute approximate surface area is 438 Å². The SMILES string of the molecule is O=[Si]([O-])[O-].O=[Si]([O-])[O-].O=[Si]([O-])[O-].O=[Si]([O-])[O-].O=[Si]([O-])[O-].O=[Si]([O-])[O-].O=[Si]([O-])[O-].O=[Si]([O-])[O-].[Al+3].[Al+3].[Al+3].[Ca+2].[Ca+2].[Ca+2].[Fe+3].[Fe+3].[Fe+3].[OH-].[OH-].[OH-].[OH-].[OH-].[OH-].[OH-].[OH-]. The van der Waals surface area contributed by atoms with E-state index in [9.17, 15) is 0 Å². The smallest absolute Gasteiger partial charge is 0.870 e. The first-order valence-corrected chi connectivity index (χ1v) is 14.7. The van der Waals surface area contributed by atoms with E-state index in [1.165, 1.54) is 0 Å². The van der Waals surface area contributed by atoms with Crippen molar-refractivity contribution in [2.24, 2.45) is 0 Å². The van der Waals surface area contributed by atoms with E-state index < -0.39 is 73.4 Å². The van der Waals surface area contributed by atoms with Crippen LogP contribution in [0.1, 0.15) is 0 Å². The van der Waals surface area contributed by atoms with Crippen LogP contribution in [0.25, 0.3) is 0 Å². The molecule has 0 amide bonds. The van der Waals surface area contributed by atoms with Gasteiger partial charge in [-0.05, 0) is 0 Å². The van der Waals surface area contributed by atoms with Gasteiger partial charge in [0.15, 0.2) is 0 Å². The molecule has 0 spiro atoms. The average Bonchev–Trinajstić information content (AvgIpc) is 2.30. The van der Waals surface area contributed by atoms with Gasteiger partial charge in [-0.3, -0.25) is 0 Å². The molecule has 0 fully saturated rings. The molecule has 271 valence electrons. The summed E-state index contributed by atoms with van der Waals surface area (Å²) in [6.45, 7) is 0. The molecular formula is H8Al3Ca3Fe3O32Si8. The van der Waals surface area contributed by atoms with Gasteiger partial charge >= 0.3 is 217 Å². The van der Waals surface area contributed by atoms with Gasteiger partial charge in [0.05, 0.1) is 0 Å². The standard InChI is InChI=1S/3Al.3Ca.3Fe.8O3Si.8H2O/c;;;;;;;;;8*1-4(2)3;;;;;;;;/h;;;;;;;;;;;;;;;;;8*1H2/q3*+3;3*+2;3*+3;8*-2;;;;;;;;/p-8. The zero-order valence-corrected chi connectivity index (χ0v) is 43.7. The summed E-state index contributed by atoms with van der Waals surface area (Å²) in [5.41, 5.74) is 0. The van der Waals surface area contributed by atoms with E-state index in [0.29, 0.717) is 0 Å². The number of rotatable bonds is 0. The average molecular weight is 1110 g/mol. The van der Waals surface area contributed by atoms with E-state index in [2.05, 4.69) is 0 Å². The van der Waals surface area contributed by atoms with E-state index in [0.717, 1.165) is 0 Å². The molecule has 0 saturated heterocycles. The molecule has 0 aliphatic rings. The largest absolute Gasteiger partial charge is 3.00 e. The van der Waals surface area contributed by atoms with Crippen LogP contribution in [-0.2, 0) is 86.9 Å². The predicted molar refractivity (Wildman–Crippen MR) is 102 cm³/mol. The third-order valence-electron chi connectivity index (χ3n) is 0. The second kappa shape index (κ2) is 174. The molecule has 0 aromatic heterocycles. The van der Waals surface area contributed by atoms with Crippen molar-refractivity contribution in [2.45, 2.75) is 0 Å². The Bertz CT molecular complexity index is 405. The van der Waals surface area contributed by atoms with E-state index in [4.69, 9.17) is 112 Å². The van der Waals surface area contributed by atoms with Crippen LogP contribution in [0.4, 0.5) is 0 Å². The van der Waals surface area contributed by atoms with Gasteiger partial charge in [0.2, 0.25) is 0 Å². The van der Waals surface area contributed by atoms with Crippen molar-refractivity contribution < 1.29 is 207 Å². The minimum atomic E-state index is -3.63. The topological polar surface area (TPSA) is 746 Å². The third-order valence-corrected chi connectivity index (χ3v) is 0. The Morgan fingerprint density at radius 1 is 0.204 bits per heavy atom. The second-order valence-corrected chi connectivity index (χ2v) is 6.00. The maximum absolute atomic E-state index is 8.52. The third kappa shape index (κ3) is 10000. The summed E-state index contributed by atoms with van der Waals surface area (Å²) in [4.78, 5) is 136. The van der Waals surface area contributed by atoms with Gasteiger partial charge in [-0.25, -0.2) is 0 Å². The molecule has 8 N–H and O–H groups in total. The summed E-state index contributed by atoms with van der Waals surface area (Å²) in [6.07, 6.45) is 0. The Balaban J connectivity index is -0.00000000557. The molecule has 0 atom stereocenters. The van der Waals surface area contributed by atoms with Gasteiger partial charge in [0, 0.05) is 73.4 Å². The zero-order valence-electron chi connectivity index (χ0n) is 22.3. The summed E-state index contributed by atoms with van der Waals surface area (Å²) in [7, 11) is -29.0. The normalized spacial score (nSPS) is 3.92. The first-order valence-electron chi connectivity index (χ1n) is 4.90. The fourth-order valence-corrected chi connectivity index (χ4v) is 0. The van der Waals surface area contributed by atoms with Gasteiger partial charge in [0.1, 0.15) is 0 Å². The minimum absolute atomic E-state index is 0. The van der Waals surface area contributed by atoms with Crippen LogP contribution in [0.15, 0.2) is 0 Å². The van der Waals surface area contributed by atoms with Crippen LogP contribution in [0.3, 0.4) is 0 Å². The first-order chi connectivity index (χ1) is 13.9. The van der Waals surface area contributed by atoms with Crippen LogP contribution in [0.2, 0.25) is 0 Å². The molecule has 0 saturated carbocycles.